The number of anilines is 1. The summed E-state index contributed by atoms with van der Waals surface area (Å²) in [5.74, 6) is -1.48. The van der Waals surface area contributed by atoms with Crippen LogP contribution in [0.2, 0.25) is 10.0 Å². The fraction of sp³-hybridized carbons (Fsp3) is 0.300. The highest BCUT2D eigenvalue weighted by Crippen LogP contribution is 2.41. The van der Waals surface area contributed by atoms with Crippen LogP contribution in [0.4, 0.5) is 5.69 Å². The third kappa shape index (κ3) is 4.10. The minimum atomic E-state index is -1.12. The normalized spacial score (nSPS) is 19.5. The number of carboxylic acid groups (broad SMARTS) is 1. The Hall–Kier alpha value is -2.08. The van der Waals surface area contributed by atoms with Crippen LogP contribution in [0.15, 0.2) is 42.5 Å². The molecule has 1 amide bonds. The summed E-state index contributed by atoms with van der Waals surface area (Å²) in [6.45, 7) is 2.40. The quantitative estimate of drug-likeness (QED) is 0.779. The maximum absolute atomic E-state index is 13.1. The van der Waals surface area contributed by atoms with Crippen LogP contribution in [0.3, 0.4) is 0 Å². The SMILES string of the molecule is CCCN1C(=O)[C@@H](CC(=O)O)O[C@H](c2ccccc2Cl)c2cc(Cl)ccc21. The number of benzene rings is 2. The molecule has 27 heavy (non-hydrogen) atoms. The summed E-state index contributed by atoms with van der Waals surface area (Å²) in [5.41, 5.74) is 2.00. The fourth-order valence-electron chi connectivity index (χ4n) is 3.25. The molecule has 0 saturated carbocycles. The van der Waals surface area contributed by atoms with Crippen molar-refractivity contribution in [2.75, 3.05) is 11.4 Å². The highest BCUT2D eigenvalue weighted by atomic mass is 35.5. The van der Waals surface area contributed by atoms with Gasteiger partial charge in [-0.25, -0.2) is 0 Å². The van der Waals surface area contributed by atoms with Gasteiger partial charge in [0.05, 0.1) is 6.42 Å². The minimum absolute atomic E-state index is 0.377. The van der Waals surface area contributed by atoms with E-state index in [0.29, 0.717) is 39.8 Å². The molecule has 0 aromatic heterocycles. The Balaban J connectivity index is 2.20. The number of carbonyl (C=O) groups is 2. The van der Waals surface area contributed by atoms with Crippen LogP contribution >= 0.6 is 23.2 Å². The summed E-state index contributed by atoms with van der Waals surface area (Å²) in [6.07, 6.45) is -1.55. The Labute approximate surface area is 167 Å². The molecular weight excluding hydrogens is 389 g/mol. The van der Waals surface area contributed by atoms with Gasteiger partial charge in [0, 0.05) is 33.4 Å². The molecule has 1 heterocycles. The molecule has 1 aliphatic heterocycles. The number of ether oxygens (including phenoxy) is 1. The second-order valence-electron chi connectivity index (χ2n) is 6.32. The lowest BCUT2D eigenvalue weighted by molar-refractivity contribution is -0.146. The number of halogens is 2. The minimum Gasteiger partial charge on any atom is -0.481 e. The maximum atomic E-state index is 13.1. The molecule has 0 bridgehead atoms. The van der Waals surface area contributed by atoms with E-state index in [-0.39, 0.29) is 5.91 Å². The number of rotatable bonds is 5. The molecule has 7 heteroatoms. The third-order valence-electron chi connectivity index (χ3n) is 4.40. The van der Waals surface area contributed by atoms with Crippen LogP contribution in [-0.4, -0.2) is 29.6 Å². The maximum Gasteiger partial charge on any atom is 0.306 e. The first-order chi connectivity index (χ1) is 12.9. The first-order valence-corrected chi connectivity index (χ1v) is 9.40. The van der Waals surface area contributed by atoms with Crippen molar-refractivity contribution >= 4 is 40.8 Å². The van der Waals surface area contributed by atoms with E-state index in [4.69, 9.17) is 27.9 Å². The lowest BCUT2D eigenvalue weighted by atomic mass is 9.99. The van der Waals surface area contributed by atoms with Crippen molar-refractivity contribution in [3.05, 3.63) is 63.6 Å². The highest BCUT2D eigenvalue weighted by molar-refractivity contribution is 6.31. The summed E-state index contributed by atoms with van der Waals surface area (Å²) in [4.78, 5) is 26.0. The Kier molecular flexibility index (Phi) is 6.05. The summed E-state index contributed by atoms with van der Waals surface area (Å²) in [7, 11) is 0. The number of carbonyl (C=O) groups excluding carboxylic acids is 1. The van der Waals surface area contributed by atoms with Crippen molar-refractivity contribution in [2.24, 2.45) is 0 Å². The van der Waals surface area contributed by atoms with E-state index in [9.17, 15) is 14.7 Å². The van der Waals surface area contributed by atoms with E-state index < -0.39 is 24.6 Å². The van der Waals surface area contributed by atoms with Gasteiger partial charge >= 0.3 is 5.97 Å². The van der Waals surface area contributed by atoms with Crippen LogP contribution in [0, 0.1) is 0 Å². The van der Waals surface area contributed by atoms with E-state index in [1.54, 1.807) is 41.3 Å². The average molecular weight is 408 g/mol. The number of carboxylic acids is 1. The molecule has 0 saturated heterocycles. The number of nitrogens with zero attached hydrogens (tertiary/aromatic N) is 1. The number of hydrogen-bond acceptors (Lipinski definition) is 3. The van der Waals surface area contributed by atoms with Gasteiger partial charge in [-0.2, -0.15) is 0 Å². The first kappa shape index (κ1) is 19.7. The molecule has 1 N–H and O–H groups in total. The van der Waals surface area contributed by atoms with Gasteiger partial charge in [0.1, 0.15) is 12.2 Å². The molecule has 2 aromatic rings. The Morgan fingerprint density at radius 3 is 2.59 bits per heavy atom. The third-order valence-corrected chi connectivity index (χ3v) is 4.98. The van der Waals surface area contributed by atoms with E-state index in [2.05, 4.69) is 0 Å². The number of amides is 1. The van der Waals surface area contributed by atoms with E-state index in [1.165, 1.54) is 0 Å². The molecule has 0 unspecified atom stereocenters. The van der Waals surface area contributed by atoms with E-state index in [1.807, 2.05) is 13.0 Å². The molecule has 5 nitrogen and oxygen atoms in total. The summed E-state index contributed by atoms with van der Waals surface area (Å²) < 4.78 is 6.04. The van der Waals surface area contributed by atoms with Crippen LogP contribution in [-0.2, 0) is 14.3 Å². The molecule has 142 valence electrons. The number of hydrogen-bond donors (Lipinski definition) is 1. The number of aliphatic carboxylic acids is 1. The van der Waals surface area contributed by atoms with Crippen LogP contribution in [0.25, 0.3) is 0 Å². The zero-order valence-corrected chi connectivity index (χ0v) is 16.2. The predicted octanol–water partition coefficient (Wildman–Crippen LogP) is 4.70. The van der Waals surface area contributed by atoms with Gasteiger partial charge in [-0.15, -0.1) is 0 Å². The van der Waals surface area contributed by atoms with Gasteiger partial charge in [0.15, 0.2) is 0 Å². The van der Waals surface area contributed by atoms with Crippen molar-refractivity contribution in [3.8, 4) is 0 Å². The van der Waals surface area contributed by atoms with Crippen LogP contribution in [0.5, 0.6) is 0 Å². The molecule has 2 aromatic carbocycles. The fourth-order valence-corrected chi connectivity index (χ4v) is 3.66. The zero-order valence-electron chi connectivity index (χ0n) is 14.7. The van der Waals surface area contributed by atoms with Gasteiger partial charge in [-0.05, 0) is 30.7 Å². The predicted molar refractivity (Wildman–Crippen MR) is 105 cm³/mol. The molecule has 0 radical (unpaired) electrons. The molecule has 2 atom stereocenters. The number of fused-ring (bicyclic) bond motifs is 1. The van der Waals surface area contributed by atoms with Gasteiger partial charge in [0.2, 0.25) is 0 Å². The Morgan fingerprint density at radius 2 is 1.93 bits per heavy atom. The van der Waals surface area contributed by atoms with Crippen molar-refractivity contribution in [3.63, 3.8) is 0 Å². The monoisotopic (exact) mass is 407 g/mol. The summed E-state index contributed by atoms with van der Waals surface area (Å²) in [5, 5.41) is 10.2. The van der Waals surface area contributed by atoms with Crippen molar-refractivity contribution in [1.82, 2.24) is 0 Å². The molecule has 1 aliphatic rings. The highest BCUT2D eigenvalue weighted by Gasteiger charge is 2.37. The van der Waals surface area contributed by atoms with Crippen molar-refractivity contribution in [2.45, 2.75) is 32.0 Å². The average Bonchev–Trinajstić information content (AvgIpc) is 2.72. The standard InChI is InChI=1S/C20H19Cl2NO4/c1-2-9-23-16-8-7-12(21)10-14(16)19(13-5-3-4-6-15(13)22)27-17(20(23)26)11-18(24)25/h3-8,10,17,19H,2,9,11H2,1H3,(H,24,25)/t17-,19-/m1/s1. The summed E-state index contributed by atoms with van der Waals surface area (Å²) in [6, 6.07) is 12.4. The van der Waals surface area contributed by atoms with Gasteiger partial charge in [0.25, 0.3) is 5.91 Å². The second kappa shape index (κ2) is 8.30. The molecule has 0 aliphatic carbocycles. The molecule has 0 spiro atoms. The Bertz CT molecular complexity index is 871. The molecule has 0 fully saturated rings. The van der Waals surface area contributed by atoms with Gasteiger partial charge in [-0.3, -0.25) is 9.59 Å². The van der Waals surface area contributed by atoms with Crippen LogP contribution in [0.1, 0.15) is 37.0 Å². The van der Waals surface area contributed by atoms with Gasteiger partial charge < -0.3 is 14.7 Å². The van der Waals surface area contributed by atoms with Gasteiger partial charge in [-0.1, -0.05) is 48.3 Å². The smallest absolute Gasteiger partial charge is 0.306 e. The topological polar surface area (TPSA) is 66.8 Å². The van der Waals surface area contributed by atoms with Crippen molar-refractivity contribution < 1.29 is 19.4 Å². The van der Waals surface area contributed by atoms with E-state index >= 15 is 0 Å². The largest absolute Gasteiger partial charge is 0.481 e. The lowest BCUT2D eigenvalue weighted by Gasteiger charge is -2.24. The second-order valence-corrected chi connectivity index (χ2v) is 7.16. The Morgan fingerprint density at radius 1 is 1.19 bits per heavy atom. The molecular formula is C20H19Cl2NO4. The first-order valence-electron chi connectivity index (χ1n) is 8.64. The molecule has 3 rings (SSSR count). The zero-order chi connectivity index (χ0) is 19.6. The van der Waals surface area contributed by atoms with Crippen LogP contribution < -0.4 is 4.90 Å². The lowest BCUT2D eigenvalue weighted by Crippen LogP contribution is -2.40. The summed E-state index contributed by atoms with van der Waals surface area (Å²) >= 11 is 12.6. The van der Waals surface area contributed by atoms with Crippen molar-refractivity contribution in [1.29, 1.82) is 0 Å². The van der Waals surface area contributed by atoms with E-state index in [0.717, 1.165) is 0 Å².